The lowest BCUT2D eigenvalue weighted by Crippen LogP contribution is -2.16. The van der Waals surface area contributed by atoms with Crippen LogP contribution in [-0.2, 0) is 5.41 Å². The number of nitrogens with zero attached hydrogens (tertiary/aromatic N) is 1. The SMILES string of the molecule is CC1(C)c2ccccc2-c2ccc(N(c3ccccc3)c3cc4ccccc4c4ccccc34)cc21. The highest BCUT2D eigenvalue weighted by atomic mass is 15.1. The van der Waals surface area contributed by atoms with Crippen LogP contribution in [0.2, 0.25) is 0 Å². The Morgan fingerprint density at radius 1 is 0.472 bits per heavy atom. The summed E-state index contributed by atoms with van der Waals surface area (Å²) < 4.78 is 0. The molecule has 36 heavy (non-hydrogen) atoms. The lowest BCUT2D eigenvalue weighted by atomic mass is 9.82. The van der Waals surface area contributed by atoms with Crippen molar-refractivity contribution in [3.05, 3.63) is 139 Å². The molecule has 0 saturated heterocycles. The fraction of sp³-hybridized carbons (Fsp3) is 0.0857. The highest BCUT2D eigenvalue weighted by Gasteiger charge is 2.35. The van der Waals surface area contributed by atoms with E-state index in [1.807, 2.05) is 0 Å². The van der Waals surface area contributed by atoms with Gasteiger partial charge < -0.3 is 4.90 Å². The molecule has 172 valence electrons. The summed E-state index contributed by atoms with van der Waals surface area (Å²) in [6, 6.07) is 46.4. The van der Waals surface area contributed by atoms with Gasteiger partial charge in [0.15, 0.2) is 0 Å². The molecule has 0 N–H and O–H groups in total. The summed E-state index contributed by atoms with van der Waals surface area (Å²) in [5, 5.41) is 5.07. The van der Waals surface area contributed by atoms with Gasteiger partial charge >= 0.3 is 0 Å². The van der Waals surface area contributed by atoms with Crippen LogP contribution in [0.15, 0.2) is 127 Å². The van der Waals surface area contributed by atoms with E-state index < -0.39 is 0 Å². The van der Waals surface area contributed by atoms with Gasteiger partial charge in [-0.25, -0.2) is 0 Å². The Labute approximate surface area is 212 Å². The molecule has 0 fully saturated rings. The number of rotatable bonds is 3. The van der Waals surface area contributed by atoms with Crippen LogP contribution in [-0.4, -0.2) is 0 Å². The van der Waals surface area contributed by atoms with Crippen LogP contribution in [0.4, 0.5) is 17.1 Å². The van der Waals surface area contributed by atoms with Gasteiger partial charge in [0.25, 0.3) is 0 Å². The Kier molecular flexibility index (Phi) is 4.56. The largest absolute Gasteiger partial charge is 0.310 e. The van der Waals surface area contributed by atoms with Crippen molar-refractivity contribution >= 4 is 38.6 Å². The standard InChI is InChI=1S/C35H27N/c1-35(2)32-19-11-10-17-29(32)30-21-20-26(23-33(30)35)36(25-13-4-3-5-14-25)34-22-24-12-6-7-15-27(24)28-16-8-9-18-31(28)34/h3-23H,1-2H3. The monoisotopic (exact) mass is 461 g/mol. The van der Waals surface area contributed by atoms with Crippen molar-refractivity contribution in [2.75, 3.05) is 4.90 Å². The van der Waals surface area contributed by atoms with Gasteiger partial charge in [0.2, 0.25) is 0 Å². The van der Waals surface area contributed by atoms with Crippen molar-refractivity contribution < 1.29 is 0 Å². The van der Waals surface area contributed by atoms with Crippen LogP contribution in [0.25, 0.3) is 32.7 Å². The third-order valence-corrected chi connectivity index (χ3v) is 7.83. The third kappa shape index (κ3) is 3.03. The molecule has 1 aliphatic rings. The number of fused-ring (bicyclic) bond motifs is 6. The molecule has 0 atom stereocenters. The van der Waals surface area contributed by atoms with Crippen LogP contribution in [0.5, 0.6) is 0 Å². The average molecular weight is 462 g/mol. The molecule has 1 heteroatoms. The molecule has 0 amide bonds. The number of hydrogen-bond acceptors (Lipinski definition) is 1. The first kappa shape index (κ1) is 21.0. The minimum Gasteiger partial charge on any atom is -0.310 e. The molecule has 6 aromatic carbocycles. The highest BCUT2D eigenvalue weighted by Crippen LogP contribution is 2.51. The smallest absolute Gasteiger partial charge is 0.0546 e. The third-order valence-electron chi connectivity index (χ3n) is 7.83. The van der Waals surface area contributed by atoms with Crippen LogP contribution in [0.3, 0.4) is 0 Å². The number of para-hydroxylation sites is 1. The van der Waals surface area contributed by atoms with Crippen molar-refractivity contribution in [3.8, 4) is 11.1 Å². The van der Waals surface area contributed by atoms with E-state index in [2.05, 4.69) is 146 Å². The predicted molar refractivity (Wildman–Crippen MR) is 154 cm³/mol. The molecule has 1 nitrogen and oxygen atoms in total. The van der Waals surface area contributed by atoms with Crippen molar-refractivity contribution in [2.24, 2.45) is 0 Å². The predicted octanol–water partition coefficient (Wildman–Crippen LogP) is 9.77. The van der Waals surface area contributed by atoms with Crippen LogP contribution >= 0.6 is 0 Å². The van der Waals surface area contributed by atoms with Crippen LogP contribution in [0, 0.1) is 0 Å². The first-order valence-corrected chi connectivity index (χ1v) is 12.6. The summed E-state index contributed by atoms with van der Waals surface area (Å²) in [4.78, 5) is 2.42. The van der Waals surface area contributed by atoms with Gasteiger partial charge in [0.05, 0.1) is 5.69 Å². The summed E-state index contributed by atoms with van der Waals surface area (Å²) >= 11 is 0. The van der Waals surface area contributed by atoms with Crippen molar-refractivity contribution in [3.63, 3.8) is 0 Å². The molecule has 0 saturated carbocycles. The molecule has 0 bridgehead atoms. The first-order valence-electron chi connectivity index (χ1n) is 12.6. The fourth-order valence-electron chi connectivity index (χ4n) is 6.06. The van der Waals surface area contributed by atoms with Gasteiger partial charge in [-0.2, -0.15) is 0 Å². The molecule has 0 heterocycles. The van der Waals surface area contributed by atoms with Crippen LogP contribution in [0.1, 0.15) is 25.0 Å². The van der Waals surface area contributed by atoms with E-state index >= 15 is 0 Å². The Hall–Kier alpha value is -4.36. The number of hydrogen-bond donors (Lipinski definition) is 0. The summed E-state index contributed by atoms with van der Waals surface area (Å²) in [7, 11) is 0. The average Bonchev–Trinajstić information content (AvgIpc) is 3.16. The summed E-state index contributed by atoms with van der Waals surface area (Å²) in [5.41, 5.74) is 8.97. The molecule has 0 aromatic heterocycles. The van der Waals surface area contributed by atoms with Gasteiger partial charge in [0, 0.05) is 22.2 Å². The Bertz CT molecular complexity index is 1760. The van der Waals surface area contributed by atoms with Crippen molar-refractivity contribution in [1.29, 1.82) is 0 Å². The lowest BCUT2D eigenvalue weighted by molar-refractivity contribution is 0.660. The molecule has 1 aliphatic carbocycles. The maximum absolute atomic E-state index is 2.42. The van der Waals surface area contributed by atoms with Crippen molar-refractivity contribution in [1.82, 2.24) is 0 Å². The summed E-state index contributed by atoms with van der Waals surface area (Å²) in [6.45, 7) is 4.69. The van der Waals surface area contributed by atoms with Gasteiger partial charge in [-0.15, -0.1) is 0 Å². The van der Waals surface area contributed by atoms with E-state index in [-0.39, 0.29) is 5.41 Å². The normalized spacial score (nSPS) is 13.5. The molecular weight excluding hydrogens is 434 g/mol. The van der Waals surface area contributed by atoms with E-state index in [1.54, 1.807) is 0 Å². The second kappa shape index (κ2) is 7.83. The molecule has 0 radical (unpaired) electrons. The minimum atomic E-state index is -0.0459. The van der Waals surface area contributed by atoms with E-state index in [0.29, 0.717) is 0 Å². The summed E-state index contributed by atoms with van der Waals surface area (Å²) in [5.74, 6) is 0. The maximum Gasteiger partial charge on any atom is 0.0546 e. The van der Waals surface area contributed by atoms with Crippen molar-refractivity contribution in [2.45, 2.75) is 19.3 Å². The van der Waals surface area contributed by atoms with E-state index in [1.165, 1.54) is 55.2 Å². The van der Waals surface area contributed by atoms with E-state index in [0.717, 1.165) is 5.69 Å². The maximum atomic E-state index is 2.42. The van der Waals surface area contributed by atoms with E-state index in [4.69, 9.17) is 0 Å². The zero-order valence-electron chi connectivity index (χ0n) is 20.6. The molecule has 0 aliphatic heterocycles. The zero-order chi connectivity index (χ0) is 24.3. The molecule has 0 unspecified atom stereocenters. The second-order valence-corrected chi connectivity index (χ2v) is 10.2. The molecule has 0 spiro atoms. The Morgan fingerprint density at radius 2 is 1.11 bits per heavy atom. The Morgan fingerprint density at radius 3 is 1.94 bits per heavy atom. The number of benzene rings is 6. The van der Waals surface area contributed by atoms with Crippen LogP contribution < -0.4 is 4.90 Å². The summed E-state index contributed by atoms with van der Waals surface area (Å²) in [6.07, 6.45) is 0. The lowest BCUT2D eigenvalue weighted by Gasteiger charge is -2.29. The zero-order valence-corrected chi connectivity index (χ0v) is 20.6. The second-order valence-electron chi connectivity index (χ2n) is 10.2. The first-order chi connectivity index (χ1) is 17.6. The van der Waals surface area contributed by atoms with Gasteiger partial charge in [-0.1, -0.05) is 111 Å². The molecular formula is C35H27N. The highest BCUT2D eigenvalue weighted by molar-refractivity contribution is 6.14. The van der Waals surface area contributed by atoms with E-state index in [9.17, 15) is 0 Å². The quantitative estimate of drug-likeness (QED) is 0.237. The number of anilines is 3. The van der Waals surface area contributed by atoms with Gasteiger partial charge in [-0.05, 0) is 68.7 Å². The van der Waals surface area contributed by atoms with Gasteiger partial charge in [0.1, 0.15) is 0 Å². The fourth-order valence-corrected chi connectivity index (χ4v) is 6.06. The minimum absolute atomic E-state index is 0.0459. The Balaban J connectivity index is 1.52. The topological polar surface area (TPSA) is 3.24 Å². The van der Waals surface area contributed by atoms with Gasteiger partial charge in [-0.3, -0.25) is 0 Å². The molecule has 7 rings (SSSR count). The molecule has 6 aromatic rings.